The standard InChI is InChI=1S/C17H11N3O2/c18-10-11-6-7-13-14(8-11)20-17(22)15(19-13)9-16(21)12-4-2-1-3-5-12/h1-9,19H,(H,20,22). The Bertz CT molecular complexity index is 833. The first-order valence-corrected chi connectivity index (χ1v) is 6.61. The summed E-state index contributed by atoms with van der Waals surface area (Å²) in [4.78, 5) is 24.2. The van der Waals surface area contributed by atoms with Gasteiger partial charge in [-0.15, -0.1) is 0 Å². The van der Waals surface area contributed by atoms with Crippen LogP contribution in [0.1, 0.15) is 15.9 Å². The van der Waals surface area contributed by atoms with Gasteiger partial charge in [0.05, 0.1) is 23.0 Å². The Balaban J connectivity index is 1.90. The van der Waals surface area contributed by atoms with Crippen molar-refractivity contribution in [2.75, 3.05) is 10.6 Å². The number of carbonyl (C=O) groups is 2. The number of allylic oxidation sites excluding steroid dienone is 1. The molecule has 0 radical (unpaired) electrons. The van der Waals surface area contributed by atoms with Crippen molar-refractivity contribution < 1.29 is 9.59 Å². The number of nitriles is 1. The van der Waals surface area contributed by atoms with Crippen LogP contribution in [-0.4, -0.2) is 11.7 Å². The van der Waals surface area contributed by atoms with Crippen molar-refractivity contribution in [3.63, 3.8) is 0 Å². The number of fused-ring (bicyclic) bond motifs is 1. The van der Waals surface area contributed by atoms with Gasteiger partial charge in [-0.3, -0.25) is 9.59 Å². The van der Waals surface area contributed by atoms with Gasteiger partial charge in [-0.2, -0.15) is 5.26 Å². The Morgan fingerprint density at radius 2 is 1.82 bits per heavy atom. The maximum Gasteiger partial charge on any atom is 0.272 e. The highest BCUT2D eigenvalue weighted by Crippen LogP contribution is 2.28. The number of rotatable bonds is 2. The molecular formula is C17H11N3O2. The van der Waals surface area contributed by atoms with Crippen molar-refractivity contribution in [2.45, 2.75) is 0 Å². The van der Waals surface area contributed by atoms with E-state index in [9.17, 15) is 9.59 Å². The molecule has 0 spiro atoms. The Morgan fingerprint density at radius 1 is 1.05 bits per heavy atom. The fourth-order valence-corrected chi connectivity index (χ4v) is 2.14. The minimum atomic E-state index is -0.410. The molecule has 2 aromatic rings. The summed E-state index contributed by atoms with van der Waals surface area (Å²) in [6.07, 6.45) is 1.27. The van der Waals surface area contributed by atoms with Crippen LogP contribution in [0.5, 0.6) is 0 Å². The van der Waals surface area contributed by atoms with E-state index in [2.05, 4.69) is 10.6 Å². The lowest BCUT2D eigenvalue weighted by Gasteiger charge is -2.21. The highest BCUT2D eigenvalue weighted by molar-refractivity contribution is 6.16. The summed E-state index contributed by atoms with van der Waals surface area (Å²) in [6.45, 7) is 0. The quantitative estimate of drug-likeness (QED) is 0.658. The number of nitrogens with zero attached hydrogens (tertiary/aromatic N) is 1. The van der Waals surface area contributed by atoms with Gasteiger partial charge in [-0.25, -0.2) is 0 Å². The lowest BCUT2D eigenvalue weighted by Crippen LogP contribution is -2.26. The van der Waals surface area contributed by atoms with Crippen LogP contribution in [0.15, 0.2) is 60.3 Å². The van der Waals surface area contributed by atoms with Crippen LogP contribution in [0.2, 0.25) is 0 Å². The molecule has 106 valence electrons. The van der Waals surface area contributed by atoms with Gasteiger partial charge in [-0.05, 0) is 18.2 Å². The first kappa shape index (κ1) is 13.6. The van der Waals surface area contributed by atoms with E-state index >= 15 is 0 Å². The van der Waals surface area contributed by atoms with Crippen molar-refractivity contribution in [1.29, 1.82) is 5.26 Å². The zero-order chi connectivity index (χ0) is 15.5. The number of anilines is 2. The third-order valence-corrected chi connectivity index (χ3v) is 3.24. The molecule has 0 fully saturated rings. The van der Waals surface area contributed by atoms with Crippen LogP contribution < -0.4 is 10.6 Å². The van der Waals surface area contributed by atoms with E-state index in [1.807, 2.05) is 12.1 Å². The fourth-order valence-electron chi connectivity index (χ4n) is 2.14. The normalized spacial score (nSPS) is 14.5. The van der Waals surface area contributed by atoms with Gasteiger partial charge in [0, 0.05) is 11.6 Å². The zero-order valence-corrected chi connectivity index (χ0v) is 11.5. The van der Waals surface area contributed by atoms with Gasteiger partial charge in [0.15, 0.2) is 5.78 Å². The van der Waals surface area contributed by atoms with Crippen LogP contribution in [0.25, 0.3) is 0 Å². The third kappa shape index (κ3) is 2.58. The number of carbonyl (C=O) groups excluding carboxylic acids is 2. The predicted molar refractivity (Wildman–Crippen MR) is 82.3 cm³/mol. The van der Waals surface area contributed by atoms with E-state index in [1.54, 1.807) is 42.5 Å². The SMILES string of the molecule is N#Cc1ccc2c(c1)NC(=O)C(=CC(=O)c1ccccc1)N2. The van der Waals surface area contributed by atoms with E-state index in [-0.39, 0.29) is 11.5 Å². The summed E-state index contributed by atoms with van der Waals surface area (Å²) >= 11 is 0. The van der Waals surface area contributed by atoms with Crippen molar-refractivity contribution in [3.05, 3.63) is 71.4 Å². The molecule has 0 bridgehead atoms. The maximum atomic E-state index is 12.1. The van der Waals surface area contributed by atoms with Crippen molar-refractivity contribution in [2.24, 2.45) is 0 Å². The zero-order valence-electron chi connectivity index (χ0n) is 11.5. The lowest BCUT2D eigenvalue weighted by atomic mass is 10.1. The minimum Gasteiger partial charge on any atom is -0.349 e. The molecular weight excluding hydrogens is 278 g/mol. The fraction of sp³-hybridized carbons (Fsp3) is 0. The molecule has 1 aliphatic heterocycles. The molecule has 0 saturated heterocycles. The Morgan fingerprint density at radius 3 is 2.55 bits per heavy atom. The summed E-state index contributed by atoms with van der Waals surface area (Å²) in [5, 5.41) is 14.4. The Hall–Kier alpha value is -3.39. The molecule has 5 nitrogen and oxygen atoms in total. The first-order valence-electron chi connectivity index (χ1n) is 6.61. The van der Waals surface area contributed by atoms with E-state index in [4.69, 9.17) is 5.26 Å². The third-order valence-electron chi connectivity index (χ3n) is 3.24. The molecule has 0 saturated carbocycles. The predicted octanol–water partition coefficient (Wildman–Crippen LogP) is 2.69. The summed E-state index contributed by atoms with van der Waals surface area (Å²) < 4.78 is 0. The number of benzene rings is 2. The summed E-state index contributed by atoms with van der Waals surface area (Å²) in [7, 11) is 0. The molecule has 0 aliphatic carbocycles. The minimum absolute atomic E-state index is 0.172. The van der Waals surface area contributed by atoms with Crippen LogP contribution in [-0.2, 0) is 4.79 Å². The van der Waals surface area contributed by atoms with E-state index in [1.165, 1.54) is 6.08 Å². The van der Waals surface area contributed by atoms with E-state index < -0.39 is 5.91 Å². The second-order valence-electron chi connectivity index (χ2n) is 4.74. The largest absolute Gasteiger partial charge is 0.349 e. The maximum absolute atomic E-state index is 12.1. The van der Waals surface area contributed by atoms with Crippen LogP contribution in [0.3, 0.4) is 0 Å². The van der Waals surface area contributed by atoms with Crippen molar-refractivity contribution >= 4 is 23.1 Å². The van der Waals surface area contributed by atoms with Gasteiger partial charge < -0.3 is 10.6 Å². The van der Waals surface area contributed by atoms with Crippen LogP contribution in [0, 0.1) is 11.3 Å². The molecule has 2 aromatic carbocycles. The number of amides is 1. The summed E-state index contributed by atoms with van der Waals surface area (Å²) in [5.41, 5.74) is 2.30. The lowest BCUT2D eigenvalue weighted by molar-refractivity contribution is -0.112. The van der Waals surface area contributed by atoms with Crippen LogP contribution >= 0.6 is 0 Å². The molecule has 1 amide bonds. The molecule has 1 heterocycles. The molecule has 0 unspecified atom stereocenters. The van der Waals surface area contributed by atoms with Gasteiger partial charge in [0.2, 0.25) is 0 Å². The topological polar surface area (TPSA) is 82.0 Å². The van der Waals surface area contributed by atoms with Gasteiger partial charge in [-0.1, -0.05) is 30.3 Å². The van der Waals surface area contributed by atoms with E-state index in [0.717, 1.165) is 0 Å². The average Bonchev–Trinajstić information content (AvgIpc) is 2.56. The van der Waals surface area contributed by atoms with Crippen molar-refractivity contribution in [3.8, 4) is 6.07 Å². The molecule has 1 aliphatic rings. The van der Waals surface area contributed by atoms with Gasteiger partial charge in [0.25, 0.3) is 5.91 Å². The number of hydrogen-bond acceptors (Lipinski definition) is 4. The first-order chi connectivity index (χ1) is 10.7. The van der Waals surface area contributed by atoms with Gasteiger partial charge >= 0.3 is 0 Å². The van der Waals surface area contributed by atoms with Crippen LogP contribution in [0.4, 0.5) is 11.4 Å². The Labute approximate surface area is 126 Å². The summed E-state index contributed by atoms with van der Waals surface area (Å²) in [5.74, 6) is -0.665. The second-order valence-corrected chi connectivity index (χ2v) is 4.74. The molecule has 0 aromatic heterocycles. The number of nitrogens with one attached hydrogen (secondary N) is 2. The Kier molecular flexibility index (Phi) is 3.42. The number of hydrogen-bond donors (Lipinski definition) is 2. The second kappa shape index (κ2) is 5.54. The molecule has 0 atom stereocenters. The highest BCUT2D eigenvalue weighted by atomic mass is 16.2. The summed E-state index contributed by atoms with van der Waals surface area (Å²) in [6, 6.07) is 15.6. The van der Waals surface area contributed by atoms with Crippen molar-refractivity contribution in [1.82, 2.24) is 0 Å². The monoisotopic (exact) mass is 289 g/mol. The number of ketones is 1. The molecule has 2 N–H and O–H groups in total. The van der Waals surface area contributed by atoms with Gasteiger partial charge in [0.1, 0.15) is 5.70 Å². The molecule has 22 heavy (non-hydrogen) atoms. The molecule has 3 rings (SSSR count). The highest BCUT2D eigenvalue weighted by Gasteiger charge is 2.21. The van der Waals surface area contributed by atoms with E-state index in [0.29, 0.717) is 22.5 Å². The molecule has 5 heteroatoms. The average molecular weight is 289 g/mol. The smallest absolute Gasteiger partial charge is 0.272 e.